The van der Waals surface area contributed by atoms with Gasteiger partial charge < -0.3 is 14.3 Å². The highest BCUT2D eigenvalue weighted by Crippen LogP contribution is 2.43. The summed E-state index contributed by atoms with van der Waals surface area (Å²) in [5, 5.41) is 10.3. The predicted molar refractivity (Wildman–Crippen MR) is 126 cm³/mol. The number of hydrogen-bond acceptors (Lipinski definition) is 6. The van der Waals surface area contributed by atoms with Gasteiger partial charge in [-0.15, -0.1) is 11.8 Å². The smallest absolute Gasteiger partial charge is 0.310 e. The quantitative estimate of drug-likeness (QED) is 0.418. The number of esters is 1. The van der Waals surface area contributed by atoms with Gasteiger partial charge in [-0.2, -0.15) is 0 Å². The Balaban J connectivity index is 1.32. The van der Waals surface area contributed by atoms with Crippen LogP contribution in [0.1, 0.15) is 17.2 Å². The van der Waals surface area contributed by atoms with Crippen molar-refractivity contribution in [3.63, 3.8) is 0 Å². The minimum absolute atomic E-state index is 0.0282. The Morgan fingerprint density at radius 1 is 1.06 bits per heavy atom. The number of nitrogens with zero attached hydrogens (tertiary/aromatic N) is 1. The molecule has 0 fully saturated rings. The second kappa shape index (κ2) is 9.03. The number of fused-ring (bicyclic) bond motifs is 2. The molecule has 1 aliphatic heterocycles. The minimum atomic E-state index is -0.518. The summed E-state index contributed by atoms with van der Waals surface area (Å²) in [5.74, 6) is 0.0145. The highest BCUT2D eigenvalue weighted by molar-refractivity contribution is 7.99. The molecule has 0 spiro atoms. The van der Waals surface area contributed by atoms with Crippen LogP contribution in [0.4, 0.5) is 5.69 Å². The molecule has 2 heterocycles. The fourth-order valence-corrected chi connectivity index (χ4v) is 5.21. The lowest BCUT2D eigenvalue weighted by Gasteiger charge is -2.37. The SMILES string of the molecule is O=C(Cc1coc2cc(O)ccc12)OCC(=O)N1c2ccccc2SCC1c1ccccc1. The lowest BCUT2D eigenvalue weighted by molar-refractivity contribution is -0.147. The van der Waals surface area contributed by atoms with Crippen molar-refractivity contribution < 1.29 is 23.8 Å². The third kappa shape index (κ3) is 4.32. The lowest BCUT2D eigenvalue weighted by atomic mass is 10.1. The standard InChI is InChI=1S/C26H21NO5S/c28-19-10-11-20-18(14-31-23(20)13-19)12-26(30)32-15-25(29)27-21-8-4-5-9-24(21)33-16-22(27)17-6-2-1-3-7-17/h1-11,13-14,22,28H,12,15-16H2. The van der Waals surface area contributed by atoms with Crippen LogP contribution in [0, 0.1) is 0 Å². The maximum absolute atomic E-state index is 13.3. The molecule has 1 aliphatic rings. The first-order valence-electron chi connectivity index (χ1n) is 10.5. The van der Waals surface area contributed by atoms with Crippen LogP contribution < -0.4 is 4.90 Å². The Labute approximate surface area is 194 Å². The molecule has 1 amide bonds. The molecule has 0 saturated carbocycles. The van der Waals surface area contributed by atoms with Gasteiger partial charge in [-0.3, -0.25) is 14.5 Å². The summed E-state index contributed by atoms with van der Waals surface area (Å²) in [6, 6.07) is 22.2. The molecule has 1 aromatic heterocycles. The summed E-state index contributed by atoms with van der Waals surface area (Å²) >= 11 is 1.71. The van der Waals surface area contributed by atoms with Gasteiger partial charge in [0.1, 0.15) is 11.3 Å². The molecular formula is C26H21NO5S. The number of hydrogen-bond donors (Lipinski definition) is 1. The predicted octanol–water partition coefficient (Wildman–Crippen LogP) is 5.10. The van der Waals surface area contributed by atoms with Crippen LogP contribution in [0.5, 0.6) is 5.75 Å². The lowest BCUT2D eigenvalue weighted by Crippen LogP contribution is -2.41. The van der Waals surface area contributed by atoms with Crippen molar-refractivity contribution in [1.82, 2.24) is 0 Å². The minimum Gasteiger partial charge on any atom is -0.508 e. The molecule has 1 unspecified atom stereocenters. The Kier molecular flexibility index (Phi) is 5.79. The molecule has 0 saturated heterocycles. The largest absolute Gasteiger partial charge is 0.508 e. The van der Waals surface area contributed by atoms with E-state index in [4.69, 9.17) is 9.15 Å². The van der Waals surface area contributed by atoms with Crippen LogP contribution in [0.15, 0.2) is 88.4 Å². The van der Waals surface area contributed by atoms with Crippen molar-refractivity contribution in [2.24, 2.45) is 0 Å². The van der Waals surface area contributed by atoms with Crippen LogP contribution in [0.3, 0.4) is 0 Å². The first-order chi connectivity index (χ1) is 16.1. The van der Waals surface area contributed by atoms with Crippen molar-refractivity contribution in [1.29, 1.82) is 0 Å². The molecule has 0 bridgehead atoms. The normalized spacial score (nSPS) is 15.3. The van der Waals surface area contributed by atoms with Crippen LogP contribution >= 0.6 is 11.8 Å². The molecular weight excluding hydrogens is 438 g/mol. The van der Waals surface area contributed by atoms with Gasteiger partial charge in [-0.25, -0.2) is 0 Å². The van der Waals surface area contributed by atoms with Crippen molar-refractivity contribution in [2.75, 3.05) is 17.3 Å². The van der Waals surface area contributed by atoms with Gasteiger partial charge in [-0.1, -0.05) is 42.5 Å². The maximum atomic E-state index is 13.3. The average Bonchev–Trinajstić information content (AvgIpc) is 3.23. The van der Waals surface area contributed by atoms with Gasteiger partial charge in [-0.05, 0) is 29.8 Å². The molecule has 7 heteroatoms. The number of furan rings is 1. The number of rotatable bonds is 5. The van der Waals surface area contributed by atoms with Gasteiger partial charge in [0, 0.05) is 27.7 Å². The highest BCUT2D eigenvalue weighted by atomic mass is 32.2. The summed E-state index contributed by atoms with van der Waals surface area (Å²) in [6.07, 6.45) is 1.44. The van der Waals surface area contributed by atoms with E-state index in [1.165, 1.54) is 18.4 Å². The van der Waals surface area contributed by atoms with Crippen molar-refractivity contribution in [2.45, 2.75) is 17.4 Å². The van der Waals surface area contributed by atoms with Gasteiger partial charge in [0.2, 0.25) is 0 Å². The molecule has 1 atom stereocenters. The number of carbonyl (C=O) groups is 2. The number of anilines is 1. The Bertz CT molecular complexity index is 1320. The fraction of sp³-hybridized carbons (Fsp3) is 0.154. The van der Waals surface area contributed by atoms with E-state index >= 15 is 0 Å². The number of para-hydroxylation sites is 1. The van der Waals surface area contributed by atoms with E-state index in [9.17, 15) is 14.7 Å². The Morgan fingerprint density at radius 2 is 1.85 bits per heavy atom. The third-order valence-electron chi connectivity index (χ3n) is 5.62. The number of phenolic OH excluding ortho intramolecular Hbond substituents is 1. The summed E-state index contributed by atoms with van der Waals surface area (Å²) in [7, 11) is 0. The van der Waals surface area contributed by atoms with E-state index in [0.717, 1.165) is 21.5 Å². The van der Waals surface area contributed by atoms with Gasteiger partial charge in [0.05, 0.1) is 24.4 Å². The first kappa shape index (κ1) is 21.2. The molecule has 0 radical (unpaired) electrons. The van der Waals surface area contributed by atoms with Crippen molar-refractivity contribution in [3.8, 4) is 5.75 Å². The maximum Gasteiger partial charge on any atom is 0.310 e. The average molecular weight is 460 g/mol. The van der Waals surface area contributed by atoms with E-state index in [2.05, 4.69) is 0 Å². The molecule has 5 rings (SSSR count). The fourth-order valence-electron chi connectivity index (χ4n) is 4.05. The second-order valence-electron chi connectivity index (χ2n) is 7.75. The van der Waals surface area contributed by atoms with E-state index in [-0.39, 0.29) is 30.7 Å². The molecule has 1 N–H and O–H groups in total. The van der Waals surface area contributed by atoms with E-state index in [0.29, 0.717) is 16.9 Å². The molecule has 4 aromatic rings. The number of carbonyl (C=O) groups excluding carboxylic acids is 2. The van der Waals surface area contributed by atoms with E-state index < -0.39 is 5.97 Å². The summed E-state index contributed by atoms with van der Waals surface area (Å²) in [4.78, 5) is 28.6. The molecule has 3 aromatic carbocycles. The number of amides is 1. The zero-order chi connectivity index (χ0) is 22.8. The van der Waals surface area contributed by atoms with Gasteiger partial charge >= 0.3 is 5.97 Å². The van der Waals surface area contributed by atoms with Crippen LogP contribution in [-0.2, 0) is 20.7 Å². The van der Waals surface area contributed by atoms with Gasteiger partial charge in [0.15, 0.2) is 6.61 Å². The van der Waals surface area contributed by atoms with Crippen LogP contribution in [0.2, 0.25) is 0 Å². The van der Waals surface area contributed by atoms with Gasteiger partial charge in [0.25, 0.3) is 5.91 Å². The number of thioether (sulfide) groups is 1. The zero-order valence-corrected chi connectivity index (χ0v) is 18.5. The highest BCUT2D eigenvalue weighted by Gasteiger charge is 2.33. The van der Waals surface area contributed by atoms with Crippen LogP contribution in [0.25, 0.3) is 11.0 Å². The molecule has 0 aliphatic carbocycles. The number of ether oxygens (including phenoxy) is 1. The second-order valence-corrected chi connectivity index (χ2v) is 8.81. The topological polar surface area (TPSA) is 80.0 Å². The number of aromatic hydroxyl groups is 1. The summed E-state index contributed by atoms with van der Waals surface area (Å²) in [6.45, 7) is -0.349. The molecule has 166 valence electrons. The zero-order valence-electron chi connectivity index (χ0n) is 17.6. The monoisotopic (exact) mass is 459 g/mol. The van der Waals surface area contributed by atoms with Crippen LogP contribution in [-0.4, -0.2) is 29.3 Å². The summed E-state index contributed by atoms with van der Waals surface area (Å²) < 4.78 is 10.8. The first-order valence-corrected chi connectivity index (χ1v) is 11.5. The third-order valence-corrected chi connectivity index (χ3v) is 6.76. The number of benzene rings is 3. The van der Waals surface area contributed by atoms with Crippen molar-refractivity contribution >= 4 is 40.3 Å². The van der Waals surface area contributed by atoms with E-state index in [1.807, 2.05) is 54.6 Å². The summed E-state index contributed by atoms with van der Waals surface area (Å²) in [5.41, 5.74) is 2.99. The van der Waals surface area contributed by atoms with Crippen molar-refractivity contribution in [3.05, 3.63) is 90.2 Å². The molecule has 33 heavy (non-hydrogen) atoms. The number of phenols is 1. The Hall–Kier alpha value is -3.71. The Morgan fingerprint density at radius 3 is 2.70 bits per heavy atom. The van der Waals surface area contributed by atoms with E-state index in [1.54, 1.807) is 22.7 Å². The molecule has 6 nitrogen and oxygen atoms in total.